The van der Waals surface area contributed by atoms with Crippen molar-refractivity contribution in [3.63, 3.8) is 0 Å². The standard InChI is InChI=1S/C39H50NOP/c1-8-10-17-24-39(9-2,35-27-32(38(5,6)7)26-30(4)37(35)41)42-36-23-22-29(3)25-31(36)28-40(33-18-13-11-14-19-33)34-20-15-12-16-21-34/h11-16,18-23,25-27,41-42H,8-10,17,24,28H2,1-7H3. The molecule has 1 N–H and O–H groups in total. The molecular weight excluding hydrogens is 529 g/mol. The van der Waals surface area contributed by atoms with Crippen molar-refractivity contribution in [3.05, 3.63) is 119 Å². The molecular formula is C39H50NOP. The van der Waals surface area contributed by atoms with Crippen LogP contribution in [0, 0.1) is 13.8 Å². The van der Waals surface area contributed by atoms with Crippen molar-refractivity contribution in [2.24, 2.45) is 0 Å². The number of para-hydroxylation sites is 2. The maximum Gasteiger partial charge on any atom is 0.122 e. The predicted octanol–water partition coefficient (Wildman–Crippen LogP) is 10.8. The third-order valence-corrected chi connectivity index (χ3v) is 10.7. The van der Waals surface area contributed by atoms with Crippen LogP contribution in [0.1, 0.15) is 94.5 Å². The van der Waals surface area contributed by atoms with E-state index in [0.29, 0.717) is 14.3 Å². The smallest absolute Gasteiger partial charge is 0.122 e. The lowest BCUT2D eigenvalue weighted by Gasteiger charge is -2.37. The zero-order valence-corrected chi connectivity index (χ0v) is 27.8. The predicted molar refractivity (Wildman–Crippen MR) is 186 cm³/mol. The molecule has 0 spiro atoms. The summed E-state index contributed by atoms with van der Waals surface area (Å²) in [5.74, 6) is 0.484. The Kier molecular flexibility index (Phi) is 10.6. The summed E-state index contributed by atoms with van der Waals surface area (Å²) in [6, 6.07) is 33.0. The van der Waals surface area contributed by atoms with Gasteiger partial charge in [0.05, 0.1) is 0 Å². The van der Waals surface area contributed by atoms with Gasteiger partial charge in [-0.2, -0.15) is 0 Å². The quantitative estimate of drug-likeness (QED) is 0.133. The molecule has 2 atom stereocenters. The zero-order valence-electron chi connectivity index (χ0n) is 26.8. The molecule has 0 radical (unpaired) electrons. The highest BCUT2D eigenvalue weighted by atomic mass is 31.1. The number of aromatic hydroxyl groups is 1. The van der Waals surface area contributed by atoms with Crippen LogP contribution in [0.15, 0.2) is 91.0 Å². The fraction of sp³-hybridized carbons (Fsp3) is 0.385. The molecule has 0 saturated carbocycles. The van der Waals surface area contributed by atoms with Crippen LogP contribution in [0.2, 0.25) is 0 Å². The van der Waals surface area contributed by atoms with E-state index in [9.17, 15) is 5.11 Å². The monoisotopic (exact) mass is 579 g/mol. The minimum Gasteiger partial charge on any atom is -0.507 e. The van der Waals surface area contributed by atoms with E-state index in [4.69, 9.17) is 0 Å². The summed E-state index contributed by atoms with van der Waals surface area (Å²) < 4.78 is 0. The Balaban J connectivity index is 1.84. The van der Waals surface area contributed by atoms with E-state index >= 15 is 0 Å². The van der Waals surface area contributed by atoms with Gasteiger partial charge in [-0.1, -0.05) is 135 Å². The average Bonchev–Trinajstić information content (AvgIpc) is 2.98. The summed E-state index contributed by atoms with van der Waals surface area (Å²) in [7, 11) is 0.551. The van der Waals surface area contributed by atoms with E-state index < -0.39 is 0 Å². The Morgan fingerprint density at radius 2 is 1.38 bits per heavy atom. The Morgan fingerprint density at radius 1 is 0.762 bits per heavy atom. The Morgan fingerprint density at radius 3 is 1.93 bits per heavy atom. The van der Waals surface area contributed by atoms with Crippen LogP contribution in [0.3, 0.4) is 0 Å². The fourth-order valence-corrected chi connectivity index (χ4v) is 7.72. The highest BCUT2D eigenvalue weighted by Crippen LogP contribution is 2.53. The number of rotatable bonds is 12. The summed E-state index contributed by atoms with van der Waals surface area (Å²) in [6.45, 7) is 16.5. The Labute approximate surface area is 257 Å². The van der Waals surface area contributed by atoms with E-state index in [2.05, 4.69) is 144 Å². The number of phenols is 1. The zero-order chi connectivity index (χ0) is 30.3. The van der Waals surface area contributed by atoms with Gasteiger partial charge in [-0.3, -0.25) is 0 Å². The highest BCUT2D eigenvalue weighted by Gasteiger charge is 2.35. The molecule has 3 heteroatoms. The third kappa shape index (κ3) is 7.45. The van der Waals surface area contributed by atoms with Gasteiger partial charge in [-0.15, -0.1) is 0 Å². The highest BCUT2D eigenvalue weighted by molar-refractivity contribution is 7.48. The number of hydrogen-bond acceptors (Lipinski definition) is 2. The van der Waals surface area contributed by atoms with Gasteiger partial charge in [0.1, 0.15) is 5.75 Å². The van der Waals surface area contributed by atoms with Gasteiger partial charge in [0, 0.05) is 28.6 Å². The molecule has 4 aromatic rings. The molecule has 0 aromatic heterocycles. The first kappa shape index (κ1) is 31.8. The Bertz CT molecular complexity index is 1400. The van der Waals surface area contributed by atoms with Crippen LogP contribution in [0.5, 0.6) is 5.75 Å². The van der Waals surface area contributed by atoms with E-state index in [1.54, 1.807) is 0 Å². The molecule has 0 bridgehead atoms. The van der Waals surface area contributed by atoms with E-state index in [-0.39, 0.29) is 10.6 Å². The first-order valence-electron chi connectivity index (χ1n) is 15.7. The summed E-state index contributed by atoms with van der Waals surface area (Å²) in [4.78, 5) is 2.43. The van der Waals surface area contributed by atoms with Gasteiger partial charge < -0.3 is 10.0 Å². The molecule has 0 saturated heterocycles. The molecule has 0 heterocycles. The lowest BCUT2D eigenvalue weighted by atomic mass is 9.80. The minimum absolute atomic E-state index is 0.0140. The van der Waals surface area contributed by atoms with Gasteiger partial charge in [-0.25, -0.2) is 0 Å². The molecule has 2 nitrogen and oxygen atoms in total. The van der Waals surface area contributed by atoms with Crippen molar-refractivity contribution >= 4 is 25.3 Å². The number of unbranched alkanes of at least 4 members (excludes halogenated alkanes) is 2. The second-order valence-electron chi connectivity index (χ2n) is 12.9. The van der Waals surface area contributed by atoms with Crippen LogP contribution < -0.4 is 10.2 Å². The second-order valence-corrected chi connectivity index (χ2v) is 14.6. The number of benzene rings is 4. The van der Waals surface area contributed by atoms with Crippen LogP contribution in [0.4, 0.5) is 11.4 Å². The number of anilines is 2. The molecule has 42 heavy (non-hydrogen) atoms. The number of hydrogen-bond donors (Lipinski definition) is 1. The van der Waals surface area contributed by atoms with Crippen molar-refractivity contribution in [3.8, 4) is 5.75 Å². The van der Waals surface area contributed by atoms with Crippen molar-refractivity contribution in [1.29, 1.82) is 0 Å². The maximum absolute atomic E-state index is 11.6. The first-order chi connectivity index (χ1) is 20.1. The Hall–Kier alpha value is -3.09. The van der Waals surface area contributed by atoms with Crippen molar-refractivity contribution in [1.82, 2.24) is 0 Å². The van der Waals surface area contributed by atoms with Crippen molar-refractivity contribution < 1.29 is 5.11 Å². The van der Waals surface area contributed by atoms with Crippen LogP contribution in [0.25, 0.3) is 0 Å². The minimum atomic E-state index is -0.125. The topological polar surface area (TPSA) is 23.5 Å². The fourth-order valence-electron chi connectivity index (χ4n) is 5.93. The molecule has 0 aliphatic carbocycles. The lowest BCUT2D eigenvalue weighted by Crippen LogP contribution is -2.27. The van der Waals surface area contributed by atoms with Gasteiger partial charge in [-0.05, 0) is 78.4 Å². The molecule has 4 aromatic carbocycles. The van der Waals surface area contributed by atoms with Crippen molar-refractivity contribution in [2.75, 3.05) is 4.90 Å². The van der Waals surface area contributed by atoms with Crippen LogP contribution >= 0.6 is 8.58 Å². The summed E-state index contributed by atoms with van der Waals surface area (Å²) in [6.07, 6.45) is 5.63. The molecule has 0 fully saturated rings. The molecule has 0 aliphatic rings. The van der Waals surface area contributed by atoms with Gasteiger partial charge in [0.15, 0.2) is 0 Å². The van der Waals surface area contributed by atoms with E-state index in [1.807, 2.05) is 0 Å². The van der Waals surface area contributed by atoms with Crippen LogP contribution in [-0.2, 0) is 17.1 Å². The second kappa shape index (κ2) is 13.9. The average molecular weight is 580 g/mol. The molecule has 4 rings (SSSR count). The molecule has 0 amide bonds. The largest absolute Gasteiger partial charge is 0.507 e. The summed E-state index contributed by atoms with van der Waals surface area (Å²) in [5.41, 5.74) is 8.46. The molecule has 222 valence electrons. The summed E-state index contributed by atoms with van der Waals surface area (Å²) >= 11 is 0. The van der Waals surface area contributed by atoms with Crippen LogP contribution in [-0.4, -0.2) is 5.11 Å². The van der Waals surface area contributed by atoms with Gasteiger partial charge in [0.2, 0.25) is 0 Å². The normalized spacial score (nSPS) is 13.4. The lowest BCUT2D eigenvalue weighted by molar-refractivity contribution is 0.431. The van der Waals surface area contributed by atoms with E-state index in [0.717, 1.165) is 36.9 Å². The maximum atomic E-state index is 11.6. The number of aryl methyl sites for hydroxylation is 2. The van der Waals surface area contributed by atoms with Gasteiger partial charge >= 0.3 is 0 Å². The van der Waals surface area contributed by atoms with Gasteiger partial charge in [0.25, 0.3) is 0 Å². The SMILES string of the molecule is CCCCCC(CC)(Pc1ccc(C)cc1CN(c1ccccc1)c1ccccc1)c1cc(C(C)(C)C)cc(C)c1O. The van der Waals surface area contributed by atoms with E-state index in [1.165, 1.54) is 46.2 Å². The number of phenolic OH excluding ortho intramolecular Hbond substituents is 1. The summed E-state index contributed by atoms with van der Waals surface area (Å²) in [5, 5.41) is 12.9. The molecule has 2 unspecified atom stereocenters. The van der Waals surface area contributed by atoms with Crippen molar-refractivity contribution in [2.45, 2.75) is 97.7 Å². The molecule has 0 aliphatic heterocycles. The first-order valence-corrected chi connectivity index (χ1v) is 16.7. The number of nitrogens with zero attached hydrogens (tertiary/aromatic N) is 1. The third-order valence-electron chi connectivity index (χ3n) is 8.59.